The lowest BCUT2D eigenvalue weighted by molar-refractivity contribution is -0.121. The van der Waals surface area contributed by atoms with Crippen molar-refractivity contribution >= 4 is 18.3 Å². The second-order valence-corrected chi connectivity index (χ2v) is 5.60. The van der Waals surface area contributed by atoms with Crippen molar-refractivity contribution in [2.75, 3.05) is 32.8 Å². The molecule has 5 heteroatoms. The molecule has 0 spiro atoms. The number of hydrogen-bond donors (Lipinski definition) is 2. The van der Waals surface area contributed by atoms with Crippen LogP contribution in [0.4, 0.5) is 0 Å². The maximum Gasteiger partial charge on any atom is 0.220 e. The maximum absolute atomic E-state index is 11.6. The Kier molecular flexibility index (Phi) is 8.42. The van der Waals surface area contributed by atoms with Gasteiger partial charge in [0.05, 0.1) is 6.61 Å². The van der Waals surface area contributed by atoms with E-state index < -0.39 is 0 Å². The topological polar surface area (TPSA) is 50.4 Å². The summed E-state index contributed by atoms with van der Waals surface area (Å²) in [6.45, 7) is 4.43. The zero-order valence-corrected chi connectivity index (χ0v) is 12.5. The van der Waals surface area contributed by atoms with Crippen LogP contribution in [0.2, 0.25) is 0 Å². The molecule has 1 saturated heterocycles. The first kappa shape index (κ1) is 16.7. The molecule has 1 aliphatic carbocycles. The van der Waals surface area contributed by atoms with Crippen LogP contribution in [0.25, 0.3) is 0 Å². The molecule has 0 aromatic heterocycles. The molecule has 112 valence electrons. The molecule has 2 N–H and O–H groups in total. The highest BCUT2D eigenvalue weighted by molar-refractivity contribution is 5.85. The molecular formula is C14H27ClN2O2. The molecule has 0 aromatic rings. The minimum absolute atomic E-state index is 0. The van der Waals surface area contributed by atoms with Crippen LogP contribution in [0.1, 0.15) is 38.5 Å². The van der Waals surface area contributed by atoms with Crippen molar-refractivity contribution in [3.8, 4) is 0 Å². The summed E-state index contributed by atoms with van der Waals surface area (Å²) in [6, 6.07) is 0. The minimum Gasteiger partial charge on any atom is -0.379 e. The number of piperidine rings is 1. The monoisotopic (exact) mass is 290 g/mol. The molecule has 19 heavy (non-hydrogen) atoms. The van der Waals surface area contributed by atoms with Gasteiger partial charge in [0.25, 0.3) is 0 Å². The first-order chi connectivity index (χ1) is 8.84. The largest absolute Gasteiger partial charge is 0.379 e. The Balaban J connectivity index is 0.00000180. The van der Waals surface area contributed by atoms with Gasteiger partial charge in [0.2, 0.25) is 5.91 Å². The number of nitrogens with one attached hydrogen (secondary N) is 2. The third-order valence-corrected chi connectivity index (χ3v) is 3.86. The molecule has 0 bridgehead atoms. The van der Waals surface area contributed by atoms with Crippen molar-refractivity contribution < 1.29 is 9.53 Å². The Morgan fingerprint density at radius 2 is 1.89 bits per heavy atom. The third kappa shape index (κ3) is 7.75. The summed E-state index contributed by atoms with van der Waals surface area (Å²) in [5.41, 5.74) is 0. The van der Waals surface area contributed by atoms with E-state index in [1.165, 1.54) is 25.7 Å². The summed E-state index contributed by atoms with van der Waals surface area (Å²) in [6.07, 6.45) is 6.80. The standard InChI is InChI=1S/C14H26N2O2.ClH/c17-14(4-3-12-5-7-15-8-6-12)16-9-10-18-11-13-1-2-13;/h12-13,15H,1-11H2,(H,16,17);1H. The molecule has 1 heterocycles. The number of rotatable bonds is 8. The van der Waals surface area contributed by atoms with Crippen LogP contribution < -0.4 is 10.6 Å². The van der Waals surface area contributed by atoms with Crippen LogP contribution in [-0.2, 0) is 9.53 Å². The Labute approximate surface area is 122 Å². The van der Waals surface area contributed by atoms with Gasteiger partial charge in [-0.1, -0.05) is 0 Å². The van der Waals surface area contributed by atoms with E-state index in [1.54, 1.807) is 0 Å². The van der Waals surface area contributed by atoms with Crippen molar-refractivity contribution in [1.29, 1.82) is 0 Å². The molecule has 0 aromatic carbocycles. The molecule has 4 nitrogen and oxygen atoms in total. The van der Waals surface area contributed by atoms with Crippen LogP contribution in [0, 0.1) is 11.8 Å². The molecule has 1 saturated carbocycles. The number of amides is 1. The number of hydrogen-bond acceptors (Lipinski definition) is 3. The van der Waals surface area contributed by atoms with Crippen LogP contribution in [0.5, 0.6) is 0 Å². The molecule has 0 radical (unpaired) electrons. The maximum atomic E-state index is 11.6. The highest BCUT2D eigenvalue weighted by Crippen LogP contribution is 2.28. The molecule has 1 aliphatic heterocycles. The van der Waals surface area contributed by atoms with E-state index >= 15 is 0 Å². The van der Waals surface area contributed by atoms with Crippen LogP contribution in [-0.4, -0.2) is 38.8 Å². The van der Waals surface area contributed by atoms with Crippen molar-refractivity contribution in [3.63, 3.8) is 0 Å². The quantitative estimate of drug-likeness (QED) is 0.670. The molecule has 2 rings (SSSR count). The van der Waals surface area contributed by atoms with E-state index in [2.05, 4.69) is 10.6 Å². The minimum atomic E-state index is 0. The molecular weight excluding hydrogens is 264 g/mol. The third-order valence-electron chi connectivity index (χ3n) is 3.86. The van der Waals surface area contributed by atoms with Crippen LogP contribution in [0.15, 0.2) is 0 Å². The van der Waals surface area contributed by atoms with Crippen molar-refractivity contribution in [1.82, 2.24) is 10.6 Å². The Morgan fingerprint density at radius 3 is 2.58 bits per heavy atom. The van der Waals surface area contributed by atoms with Crippen LogP contribution in [0.3, 0.4) is 0 Å². The number of ether oxygens (including phenoxy) is 1. The summed E-state index contributed by atoms with van der Waals surface area (Å²) in [4.78, 5) is 11.6. The Morgan fingerprint density at radius 1 is 1.16 bits per heavy atom. The average molecular weight is 291 g/mol. The van der Waals surface area contributed by atoms with E-state index in [-0.39, 0.29) is 18.3 Å². The SMILES string of the molecule is Cl.O=C(CCC1CCNCC1)NCCOCC1CC1. The van der Waals surface area contributed by atoms with Gasteiger partial charge in [-0.25, -0.2) is 0 Å². The van der Waals surface area contributed by atoms with E-state index in [0.29, 0.717) is 19.6 Å². The van der Waals surface area contributed by atoms with Gasteiger partial charge in [0.1, 0.15) is 0 Å². The lowest BCUT2D eigenvalue weighted by atomic mass is 9.93. The normalized spacial score (nSPS) is 19.8. The van der Waals surface area contributed by atoms with Crippen molar-refractivity contribution in [2.24, 2.45) is 11.8 Å². The zero-order valence-electron chi connectivity index (χ0n) is 11.7. The smallest absolute Gasteiger partial charge is 0.220 e. The highest BCUT2D eigenvalue weighted by Gasteiger charge is 2.20. The number of carbonyl (C=O) groups is 1. The summed E-state index contributed by atoms with van der Waals surface area (Å²) in [5, 5.41) is 6.28. The van der Waals surface area contributed by atoms with Gasteiger partial charge in [-0.05, 0) is 57.0 Å². The Hall–Kier alpha value is -0.320. The van der Waals surface area contributed by atoms with Crippen molar-refractivity contribution in [3.05, 3.63) is 0 Å². The second-order valence-electron chi connectivity index (χ2n) is 5.60. The van der Waals surface area contributed by atoms with E-state index in [9.17, 15) is 4.79 Å². The molecule has 1 amide bonds. The molecule has 2 fully saturated rings. The van der Waals surface area contributed by atoms with Gasteiger partial charge in [0, 0.05) is 19.6 Å². The Bertz CT molecular complexity index is 254. The molecule has 0 unspecified atom stereocenters. The van der Waals surface area contributed by atoms with Crippen LogP contribution >= 0.6 is 12.4 Å². The van der Waals surface area contributed by atoms with Gasteiger partial charge in [-0.15, -0.1) is 12.4 Å². The first-order valence-electron chi connectivity index (χ1n) is 7.40. The fraction of sp³-hybridized carbons (Fsp3) is 0.929. The van der Waals surface area contributed by atoms with E-state index in [1.807, 2.05) is 0 Å². The molecule has 0 atom stereocenters. The summed E-state index contributed by atoms with van der Waals surface area (Å²) < 4.78 is 5.48. The second kappa shape index (κ2) is 9.56. The van der Waals surface area contributed by atoms with Gasteiger partial charge < -0.3 is 15.4 Å². The van der Waals surface area contributed by atoms with Gasteiger partial charge in [0.15, 0.2) is 0 Å². The molecule has 2 aliphatic rings. The average Bonchev–Trinajstić information content (AvgIpc) is 3.21. The van der Waals surface area contributed by atoms with Crippen molar-refractivity contribution in [2.45, 2.75) is 38.5 Å². The van der Waals surface area contributed by atoms with Gasteiger partial charge in [-0.3, -0.25) is 4.79 Å². The van der Waals surface area contributed by atoms with E-state index in [0.717, 1.165) is 38.0 Å². The highest BCUT2D eigenvalue weighted by atomic mass is 35.5. The zero-order chi connectivity index (χ0) is 12.6. The predicted molar refractivity (Wildman–Crippen MR) is 78.6 cm³/mol. The number of halogens is 1. The summed E-state index contributed by atoms with van der Waals surface area (Å²) in [7, 11) is 0. The summed E-state index contributed by atoms with van der Waals surface area (Å²) in [5.74, 6) is 1.73. The summed E-state index contributed by atoms with van der Waals surface area (Å²) >= 11 is 0. The lowest BCUT2D eigenvalue weighted by Gasteiger charge is -2.22. The first-order valence-corrected chi connectivity index (χ1v) is 7.40. The predicted octanol–water partition coefficient (Wildman–Crippen LogP) is 1.73. The number of carbonyl (C=O) groups excluding carboxylic acids is 1. The fourth-order valence-electron chi connectivity index (χ4n) is 2.39. The lowest BCUT2D eigenvalue weighted by Crippen LogP contribution is -2.30. The van der Waals surface area contributed by atoms with Gasteiger partial charge in [-0.2, -0.15) is 0 Å². The van der Waals surface area contributed by atoms with Gasteiger partial charge >= 0.3 is 0 Å². The van der Waals surface area contributed by atoms with E-state index in [4.69, 9.17) is 4.74 Å². The fourth-order valence-corrected chi connectivity index (χ4v) is 2.39.